The molecule has 1 fully saturated rings. The summed E-state index contributed by atoms with van der Waals surface area (Å²) in [5.41, 5.74) is -0.128. The van der Waals surface area contributed by atoms with Gasteiger partial charge in [-0.05, 0) is 19.1 Å². The van der Waals surface area contributed by atoms with Crippen LogP contribution in [0.15, 0.2) is 21.4 Å². The summed E-state index contributed by atoms with van der Waals surface area (Å²) in [6.45, 7) is 3.14. The normalized spacial score (nSPS) is 21.0. The number of rotatable bonds is 0. The van der Waals surface area contributed by atoms with Gasteiger partial charge < -0.3 is 13.9 Å². The molecule has 3 rings (SSSR count). The molecule has 4 nitrogen and oxygen atoms in total. The van der Waals surface area contributed by atoms with Gasteiger partial charge in [-0.25, -0.2) is 4.79 Å². The minimum Gasteiger partial charge on any atom is -0.482 e. The molecule has 90 valence electrons. The molecule has 2 aliphatic rings. The molecule has 0 bridgehead atoms. The second-order valence-electron chi connectivity index (χ2n) is 4.53. The van der Waals surface area contributed by atoms with Gasteiger partial charge in [0.15, 0.2) is 0 Å². The van der Waals surface area contributed by atoms with Crippen LogP contribution in [0.1, 0.15) is 24.2 Å². The van der Waals surface area contributed by atoms with Crippen molar-refractivity contribution in [1.29, 1.82) is 0 Å². The Morgan fingerprint density at radius 2 is 2.06 bits per heavy atom. The summed E-state index contributed by atoms with van der Waals surface area (Å²) in [6.07, 6.45) is 5.42. The van der Waals surface area contributed by atoms with E-state index in [1.807, 2.05) is 12.2 Å². The van der Waals surface area contributed by atoms with E-state index in [9.17, 15) is 4.79 Å². The summed E-state index contributed by atoms with van der Waals surface area (Å²) in [4.78, 5) is 11.6. The maximum atomic E-state index is 11.6. The van der Waals surface area contributed by atoms with Crippen LogP contribution in [-0.4, -0.2) is 18.8 Å². The quantitative estimate of drug-likeness (QED) is 0.688. The topological polar surface area (TPSA) is 48.7 Å². The van der Waals surface area contributed by atoms with Gasteiger partial charge in [0.2, 0.25) is 0 Å². The highest BCUT2D eigenvalue weighted by molar-refractivity contribution is 5.59. The molecule has 17 heavy (non-hydrogen) atoms. The minimum absolute atomic E-state index is 0.300. The van der Waals surface area contributed by atoms with Crippen molar-refractivity contribution in [3.8, 4) is 5.75 Å². The molecule has 4 heteroatoms. The standard InChI is InChI=1S/C13H14O4/c1-9-8-11-10(12(14)16-9)2-3-13(17-11)4-6-15-7-5-13/h2-3,8H,4-7H2,1H3. The second kappa shape index (κ2) is 3.74. The van der Waals surface area contributed by atoms with Gasteiger partial charge in [0.05, 0.1) is 13.2 Å². The molecule has 0 amide bonds. The minimum atomic E-state index is -0.335. The van der Waals surface area contributed by atoms with Gasteiger partial charge in [-0.1, -0.05) is 0 Å². The van der Waals surface area contributed by atoms with E-state index >= 15 is 0 Å². The van der Waals surface area contributed by atoms with Gasteiger partial charge in [-0.2, -0.15) is 0 Å². The van der Waals surface area contributed by atoms with E-state index in [-0.39, 0.29) is 11.2 Å². The molecule has 0 radical (unpaired) electrons. The zero-order valence-electron chi connectivity index (χ0n) is 9.69. The van der Waals surface area contributed by atoms with Gasteiger partial charge >= 0.3 is 5.63 Å². The van der Waals surface area contributed by atoms with Crippen molar-refractivity contribution in [3.05, 3.63) is 33.9 Å². The zero-order chi connectivity index (χ0) is 11.9. The van der Waals surface area contributed by atoms with E-state index in [0.29, 0.717) is 30.3 Å². The maximum Gasteiger partial charge on any atom is 0.346 e. The number of hydrogen-bond acceptors (Lipinski definition) is 4. The molecule has 1 aromatic heterocycles. The Morgan fingerprint density at radius 1 is 1.29 bits per heavy atom. The fourth-order valence-electron chi connectivity index (χ4n) is 2.30. The predicted molar refractivity (Wildman–Crippen MR) is 62.2 cm³/mol. The third kappa shape index (κ3) is 1.78. The van der Waals surface area contributed by atoms with Crippen molar-refractivity contribution in [2.24, 2.45) is 0 Å². The first-order chi connectivity index (χ1) is 8.19. The van der Waals surface area contributed by atoms with Gasteiger partial charge in [0.1, 0.15) is 22.7 Å². The fraction of sp³-hybridized carbons (Fsp3) is 0.462. The molecule has 1 spiro atoms. The molecule has 3 heterocycles. The van der Waals surface area contributed by atoms with Gasteiger partial charge in [-0.15, -0.1) is 0 Å². The van der Waals surface area contributed by atoms with Crippen LogP contribution < -0.4 is 10.4 Å². The van der Waals surface area contributed by atoms with E-state index in [1.165, 1.54) is 0 Å². The third-order valence-corrected chi connectivity index (χ3v) is 3.28. The summed E-state index contributed by atoms with van der Waals surface area (Å²) in [6, 6.07) is 1.78. The molecule has 0 saturated carbocycles. The van der Waals surface area contributed by atoms with Crippen LogP contribution in [0, 0.1) is 6.92 Å². The van der Waals surface area contributed by atoms with E-state index in [2.05, 4.69) is 0 Å². The molecule has 1 saturated heterocycles. The van der Waals surface area contributed by atoms with Gasteiger partial charge in [-0.3, -0.25) is 0 Å². The highest BCUT2D eigenvalue weighted by Gasteiger charge is 2.35. The van der Waals surface area contributed by atoms with Crippen molar-refractivity contribution in [2.75, 3.05) is 13.2 Å². The summed E-state index contributed by atoms with van der Waals surface area (Å²) in [5.74, 6) is 1.20. The number of aryl methyl sites for hydroxylation is 1. The summed E-state index contributed by atoms with van der Waals surface area (Å²) >= 11 is 0. The molecule has 0 unspecified atom stereocenters. The van der Waals surface area contributed by atoms with Crippen molar-refractivity contribution in [2.45, 2.75) is 25.4 Å². The monoisotopic (exact) mass is 234 g/mol. The van der Waals surface area contributed by atoms with Gasteiger partial charge in [0.25, 0.3) is 0 Å². The van der Waals surface area contributed by atoms with Crippen LogP contribution >= 0.6 is 0 Å². The van der Waals surface area contributed by atoms with Crippen molar-refractivity contribution in [1.82, 2.24) is 0 Å². The highest BCUT2D eigenvalue weighted by atomic mass is 16.5. The van der Waals surface area contributed by atoms with Crippen molar-refractivity contribution >= 4 is 6.08 Å². The maximum absolute atomic E-state index is 11.6. The third-order valence-electron chi connectivity index (χ3n) is 3.28. The first kappa shape index (κ1) is 10.6. The van der Waals surface area contributed by atoms with E-state index in [4.69, 9.17) is 13.9 Å². The predicted octanol–water partition coefficient (Wildman–Crippen LogP) is 1.90. The Morgan fingerprint density at radius 3 is 2.82 bits per heavy atom. The molecule has 0 N–H and O–H groups in total. The smallest absolute Gasteiger partial charge is 0.346 e. The van der Waals surface area contributed by atoms with Crippen LogP contribution in [0.4, 0.5) is 0 Å². The van der Waals surface area contributed by atoms with E-state index in [0.717, 1.165) is 12.8 Å². The van der Waals surface area contributed by atoms with Crippen LogP contribution in [0.5, 0.6) is 5.75 Å². The summed E-state index contributed by atoms with van der Waals surface area (Å²) < 4.78 is 16.4. The molecule has 1 aromatic rings. The molecule has 2 aliphatic heterocycles. The Balaban J connectivity index is 2.03. The Hall–Kier alpha value is -1.55. The average molecular weight is 234 g/mol. The number of fused-ring (bicyclic) bond motifs is 1. The molecule has 0 atom stereocenters. The first-order valence-electron chi connectivity index (χ1n) is 5.79. The fourth-order valence-corrected chi connectivity index (χ4v) is 2.30. The first-order valence-corrected chi connectivity index (χ1v) is 5.79. The Labute approximate surface area is 98.8 Å². The van der Waals surface area contributed by atoms with E-state index in [1.54, 1.807) is 13.0 Å². The van der Waals surface area contributed by atoms with E-state index < -0.39 is 0 Å². The summed E-state index contributed by atoms with van der Waals surface area (Å²) in [5, 5.41) is 0. The largest absolute Gasteiger partial charge is 0.482 e. The Kier molecular flexibility index (Phi) is 2.33. The summed E-state index contributed by atoms with van der Waals surface area (Å²) in [7, 11) is 0. The lowest BCUT2D eigenvalue weighted by molar-refractivity contribution is -0.0182. The van der Waals surface area contributed by atoms with Crippen LogP contribution in [0.3, 0.4) is 0 Å². The number of hydrogen-bond donors (Lipinski definition) is 0. The molecule has 0 aromatic carbocycles. The van der Waals surface area contributed by atoms with Crippen molar-refractivity contribution in [3.63, 3.8) is 0 Å². The lowest BCUT2D eigenvalue weighted by Gasteiger charge is -2.37. The molecular weight excluding hydrogens is 220 g/mol. The van der Waals surface area contributed by atoms with Crippen LogP contribution in [-0.2, 0) is 4.74 Å². The second-order valence-corrected chi connectivity index (χ2v) is 4.53. The van der Waals surface area contributed by atoms with Crippen LogP contribution in [0.25, 0.3) is 6.08 Å². The molecular formula is C13H14O4. The number of ether oxygens (including phenoxy) is 2. The average Bonchev–Trinajstić information content (AvgIpc) is 2.29. The lowest BCUT2D eigenvalue weighted by Crippen LogP contribution is -2.41. The molecule has 0 aliphatic carbocycles. The Bertz CT molecular complexity index is 521. The highest BCUT2D eigenvalue weighted by Crippen LogP contribution is 2.35. The zero-order valence-corrected chi connectivity index (χ0v) is 9.69. The lowest BCUT2D eigenvalue weighted by atomic mass is 9.91. The van der Waals surface area contributed by atoms with Crippen molar-refractivity contribution < 1.29 is 13.9 Å². The van der Waals surface area contributed by atoms with Crippen LogP contribution in [0.2, 0.25) is 0 Å². The van der Waals surface area contributed by atoms with Gasteiger partial charge in [0, 0.05) is 18.9 Å². The SMILES string of the molecule is Cc1cc2c(c(=O)o1)C=CC1(CCOCC1)O2.